The second-order valence-corrected chi connectivity index (χ2v) is 6.77. The minimum absolute atomic E-state index is 0.0491. The summed E-state index contributed by atoms with van der Waals surface area (Å²) >= 11 is 0. The molecule has 1 atom stereocenters. The second kappa shape index (κ2) is 8.06. The lowest BCUT2D eigenvalue weighted by Crippen LogP contribution is -2.36. The predicted molar refractivity (Wildman–Crippen MR) is 101 cm³/mol. The van der Waals surface area contributed by atoms with Crippen LogP contribution in [-0.4, -0.2) is 42.1 Å². The number of fused-ring (bicyclic) bond motifs is 1. The van der Waals surface area contributed by atoms with E-state index in [1.54, 1.807) is 32.9 Å². The van der Waals surface area contributed by atoms with Gasteiger partial charge in [-0.05, 0) is 38.8 Å². The monoisotopic (exact) mass is 388 g/mol. The predicted octanol–water partition coefficient (Wildman–Crippen LogP) is 1.24. The van der Waals surface area contributed by atoms with E-state index in [4.69, 9.17) is 13.9 Å². The number of para-hydroxylation sites is 1. The first-order chi connectivity index (χ1) is 13.1. The van der Waals surface area contributed by atoms with Crippen molar-refractivity contribution < 1.29 is 23.5 Å². The summed E-state index contributed by atoms with van der Waals surface area (Å²) in [6.07, 6.45) is 0. The fourth-order valence-electron chi connectivity index (χ4n) is 2.40. The van der Waals surface area contributed by atoms with E-state index in [0.717, 1.165) is 18.8 Å². The smallest absolute Gasteiger partial charge is 0.423 e. The molecule has 1 heterocycles. The molecule has 0 aliphatic carbocycles. The molecule has 0 saturated heterocycles. The highest BCUT2D eigenvalue weighted by atomic mass is 16.5. The number of carbonyl (C=O) groups is 2. The normalized spacial score (nSPS) is 12.0. The van der Waals surface area contributed by atoms with Crippen molar-refractivity contribution in [1.82, 2.24) is 4.57 Å². The van der Waals surface area contributed by atoms with Gasteiger partial charge in [0.05, 0.1) is 30.7 Å². The fourth-order valence-corrected chi connectivity index (χ4v) is 2.40. The van der Waals surface area contributed by atoms with Crippen LogP contribution in [0.1, 0.15) is 26.8 Å². The zero-order valence-electron chi connectivity index (χ0n) is 16.1. The molecule has 0 radical (unpaired) electrons. The maximum Gasteiger partial charge on any atom is 0.423 e. The third-order valence-electron chi connectivity index (χ3n) is 3.63. The van der Waals surface area contributed by atoms with E-state index in [0.29, 0.717) is 0 Å². The van der Waals surface area contributed by atoms with Crippen LogP contribution in [0.4, 0.5) is 0 Å². The lowest BCUT2D eigenvalue weighted by molar-refractivity contribution is -0.146. The van der Waals surface area contributed by atoms with Gasteiger partial charge in [-0.1, -0.05) is 12.1 Å². The summed E-state index contributed by atoms with van der Waals surface area (Å²) in [5, 5.41) is 0.0491. The molecule has 0 saturated carbocycles. The lowest BCUT2D eigenvalue weighted by atomic mass is 10.1. The number of ether oxygens (including phenoxy) is 2. The van der Waals surface area contributed by atoms with Gasteiger partial charge in [0, 0.05) is 0 Å². The SMILES string of the molecule is COC(=O)C(=C=NC(C)(C)C)C(C(=O)OC)n1c(=O)oc(=O)c2ccccc21. The van der Waals surface area contributed by atoms with E-state index in [2.05, 4.69) is 10.9 Å². The molecule has 148 valence electrons. The molecular formula is C19H20N2O7. The van der Waals surface area contributed by atoms with Crippen molar-refractivity contribution in [3.05, 3.63) is 50.8 Å². The zero-order valence-corrected chi connectivity index (χ0v) is 16.1. The summed E-state index contributed by atoms with van der Waals surface area (Å²) in [5.74, 6) is -0.523. The Hall–Kier alpha value is -3.45. The number of hydrogen-bond donors (Lipinski definition) is 0. The van der Waals surface area contributed by atoms with Crippen LogP contribution < -0.4 is 11.4 Å². The standard InChI is InChI=1S/C19H20N2O7/c1-19(2,3)20-10-12(15(22)26-4)14(17(24)27-5)21-13-9-7-6-8-11(13)16(23)28-18(21)25/h6-9,14H,1-5H3. The number of aromatic nitrogens is 1. The Bertz CT molecular complexity index is 1100. The van der Waals surface area contributed by atoms with E-state index in [1.807, 2.05) is 0 Å². The van der Waals surface area contributed by atoms with Crippen LogP contribution in [0.15, 0.2) is 48.8 Å². The van der Waals surface area contributed by atoms with Gasteiger partial charge in [0.15, 0.2) is 6.04 Å². The molecular weight excluding hydrogens is 368 g/mol. The Morgan fingerprint density at radius 2 is 1.79 bits per heavy atom. The van der Waals surface area contributed by atoms with Gasteiger partial charge in [-0.25, -0.2) is 24.2 Å². The molecule has 0 N–H and O–H groups in total. The molecule has 9 heteroatoms. The quantitative estimate of drug-likeness (QED) is 0.439. The minimum Gasteiger partial charge on any atom is -0.467 e. The van der Waals surface area contributed by atoms with Crippen molar-refractivity contribution in [2.75, 3.05) is 14.2 Å². The van der Waals surface area contributed by atoms with Crippen LogP contribution in [0.3, 0.4) is 0 Å². The van der Waals surface area contributed by atoms with Gasteiger partial charge in [0.25, 0.3) is 0 Å². The minimum atomic E-state index is -1.62. The fraction of sp³-hybridized carbons (Fsp3) is 0.368. The van der Waals surface area contributed by atoms with Crippen molar-refractivity contribution in [3.63, 3.8) is 0 Å². The molecule has 0 aliphatic heterocycles. The van der Waals surface area contributed by atoms with Gasteiger partial charge in [0.1, 0.15) is 5.57 Å². The molecule has 1 unspecified atom stereocenters. The summed E-state index contributed by atoms with van der Waals surface area (Å²) in [7, 11) is 2.21. The van der Waals surface area contributed by atoms with Gasteiger partial charge < -0.3 is 13.9 Å². The first-order valence-electron chi connectivity index (χ1n) is 8.26. The summed E-state index contributed by atoms with van der Waals surface area (Å²) in [6, 6.07) is 4.39. The van der Waals surface area contributed by atoms with Crippen molar-refractivity contribution in [2.24, 2.45) is 4.99 Å². The highest BCUT2D eigenvalue weighted by Crippen LogP contribution is 2.22. The van der Waals surface area contributed by atoms with Crippen LogP contribution in [0.2, 0.25) is 0 Å². The topological polar surface area (TPSA) is 117 Å². The maximum absolute atomic E-state index is 12.6. The van der Waals surface area contributed by atoms with Crippen molar-refractivity contribution in [1.29, 1.82) is 0 Å². The van der Waals surface area contributed by atoms with Gasteiger partial charge in [-0.2, -0.15) is 0 Å². The van der Waals surface area contributed by atoms with Crippen molar-refractivity contribution in [3.8, 4) is 0 Å². The van der Waals surface area contributed by atoms with Gasteiger partial charge >= 0.3 is 23.3 Å². The Balaban J connectivity index is 2.96. The van der Waals surface area contributed by atoms with Crippen LogP contribution in [0.25, 0.3) is 10.9 Å². The molecule has 2 aromatic rings. The lowest BCUT2D eigenvalue weighted by Gasteiger charge is -2.19. The van der Waals surface area contributed by atoms with Gasteiger partial charge in [-0.3, -0.25) is 4.57 Å². The first-order valence-corrected chi connectivity index (χ1v) is 8.26. The molecule has 0 aliphatic rings. The number of esters is 2. The molecule has 0 spiro atoms. The summed E-state index contributed by atoms with van der Waals surface area (Å²) in [6.45, 7) is 5.27. The van der Waals surface area contributed by atoms with E-state index in [9.17, 15) is 19.2 Å². The zero-order chi connectivity index (χ0) is 21.1. The molecule has 9 nitrogen and oxygen atoms in total. The molecule has 2 rings (SSSR count). The van der Waals surface area contributed by atoms with E-state index in [-0.39, 0.29) is 16.5 Å². The first kappa shape index (κ1) is 20.9. The molecule has 1 aromatic heterocycles. The highest BCUT2D eigenvalue weighted by molar-refractivity contribution is 6.04. The average molecular weight is 388 g/mol. The van der Waals surface area contributed by atoms with Crippen LogP contribution >= 0.6 is 0 Å². The number of benzene rings is 1. The molecule has 28 heavy (non-hydrogen) atoms. The summed E-state index contributed by atoms with van der Waals surface area (Å²) in [4.78, 5) is 53.6. The average Bonchev–Trinajstić information content (AvgIpc) is 2.64. The van der Waals surface area contributed by atoms with Gasteiger partial charge in [-0.15, -0.1) is 0 Å². The van der Waals surface area contributed by atoms with Crippen molar-refractivity contribution in [2.45, 2.75) is 32.4 Å². The third-order valence-corrected chi connectivity index (χ3v) is 3.63. The van der Waals surface area contributed by atoms with E-state index < -0.39 is 34.9 Å². The number of methoxy groups -OCH3 is 2. The van der Waals surface area contributed by atoms with Crippen LogP contribution in [0.5, 0.6) is 0 Å². The number of carbonyl (C=O) groups excluding carboxylic acids is 2. The highest BCUT2D eigenvalue weighted by Gasteiger charge is 2.35. The summed E-state index contributed by atoms with van der Waals surface area (Å²) < 4.78 is 15.1. The number of hydrogen-bond acceptors (Lipinski definition) is 8. The van der Waals surface area contributed by atoms with Crippen molar-refractivity contribution >= 4 is 28.7 Å². The number of aliphatic imine (C=N–C) groups is 1. The molecule has 1 aromatic carbocycles. The van der Waals surface area contributed by atoms with Gasteiger partial charge in [0.2, 0.25) is 0 Å². The Labute approximate surface area is 159 Å². The number of nitrogens with zero attached hydrogens (tertiary/aromatic N) is 2. The van der Waals surface area contributed by atoms with Crippen LogP contribution in [0, 0.1) is 0 Å². The Morgan fingerprint density at radius 3 is 2.36 bits per heavy atom. The summed E-state index contributed by atoms with van der Waals surface area (Å²) in [5.41, 5.74) is -1.79. The van der Waals surface area contributed by atoms with Crippen LogP contribution in [-0.2, 0) is 19.1 Å². The third kappa shape index (κ3) is 4.27. The van der Waals surface area contributed by atoms with E-state index >= 15 is 0 Å². The van der Waals surface area contributed by atoms with E-state index in [1.165, 1.54) is 12.1 Å². The largest absolute Gasteiger partial charge is 0.467 e. The Kier molecular flexibility index (Phi) is 6.00. The molecule has 0 fully saturated rings. The Morgan fingerprint density at radius 1 is 1.14 bits per heavy atom. The molecule has 0 amide bonds. The molecule has 0 bridgehead atoms. The second-order valence-electron chi connectivity index (χ2n) is 6.77. The number of rotatable bonds is 4. The maximum atomic E-state index is 12.6.